The van der Waals surface area contributed by atoms with Gasteiger partial charge >= 0.3 is 11.9 Å². The van der Waals surface area contributed by atoms with Crippen molar-refractivity contribution < 1.29 is 47.3 Å². The van der Waals surface area contributed by atoms with Gasteiger partial charge in [0.1, 0.15) is 11.8 Å². The molecule has 358 valence electrons. The standard InChI is InChI=1S/C51H52N6O10S2/c1-29-45(67-27-43(59)60)47(50(63)64)68-46(29)32-6-4-7-33(22-32)52-34-18-21-56(51(2,3)24-34)69(65,66)28-30-10-11-35-23-36(26-55(35)25-30)54-19-16-31(17-20-54)37-12-13-40-44-38(37)8-5-9-39(44)49(62)57(40)41-14-15-42(58)53-48(41)61/h4-13,22-23,25-26,31,34,41,52H,14-21,24,27-28H2,1-3H3,(H,59,60)(H,63,64)(H,53,58,61). The summed E-state index contributed by atoms with van der Waals surface area (Å²) >= 11 is 1.03. The molecule has 2 atom stereocenters. The Labute approximate surface area is 402 Å². The summed E-state index contributed by atoms with van der Waals surface area (Å²) in [4.78, 5) is 66.1. The molecule has 16 nitrogen and oxygen atoms in total. The van der Waals surface area contributed by atoms with E-state index in [2.05, 4.69) is 39.9 Å². The molecule has 3 amide bonds. The predicted octanol–water partition coefficient (Wildman–Crippen LogP) is 7.63. The Hall–Kier alpha value is -6.76. The zero-order valence-corrected chi connectivity index (χ0v) is 40.0. The van der Waals surface area contributed by atoms with Crippen molar-refractivity contribution >= 4 is 84.4 Å². The molecular formula is C51H52N6O10S2. The Balaban J connectivity index is 0.778. The van der Waals surface area contributed by atoms with Crippen LogP contribution in [0.2, 0.25) is 0 Å². The number of ether oxygens (including phenoxy) is 1. The summed E-state index contributed by atoms with van der Waals surface area (Å²) in [5, 5.41) is 26.8. The highest BCUT2D eigenvalue weighted by atomic mass is 32.2. The normalized spacial score (nSPS) is 19.9. The number of sulfonamides is 1. The average Bonchev–Trinajstić information content (AvgIpc) is 3.97. The third-order valence-corrected chi connectivity index (χ3v) is 17.5. The first-order valence-corrected chi connectivity index (χ1v) is 25.6. The quantitative estimate of drug-likeness (QED) is 0.0825. The van der Waals surface area contributed by atoms with Crippen molar-refractivity contribution in [3.63, 3.8) is 0 Å². The lowest BCUT2D eigenvalue weighted by Crippen LogP contribution is -2.55. The lowest BCUT2D eigenvalue weighted by Gasteiger charge is -2.45. The lowest BCUT2D eigenvalue weighted by atomic mass is 9.85. The van der Waals surface area contributed by atoms with E-state index in [9.17, 15) is 37.5 Å². The number of thiophene rings is 1. The van der Waals surface area contributed by atoms with Gasteiger partial charge < -0.3 is 29.6 Å². The van der Waals surface area contributed by atoms with E-state index < -0.39 is 46.1 Å². The number of aromatic carboxylic acids is 1. The van der Waals surface area contributed by atoms with Gasteiger partial charge in [0.2, 0.25) is 21.8 Å². The highest BCUT2D eigenvalue weighted by Gasteiger charge is 2.43. The van der Waals surface area contributed by atoms with Gasteiger partial charge in [-0.2, -0.15) is 4.31 Å². The number of pyridine rings is 1. The van der Waals surface area contributed by atoms with Crippen molar-refractivity contribution in [3.8, 4) is 16.2 Å². The van der Waals surface area contributed by atoms with Gasteiger partial charge in [-0.1, -0.05) is 36.4 Å². The minimum Gasteiger partial charge on any atom is -0.480 e. The summed E-state index contributed by atoms with van der Waals surface area (Å²) in [5.74, 6) is -3.22. The third kappa shape index (κ3) is 8.58. The van der Waals surface area contributed by atoms with E-state index in [-0.39, 0.29) is 53.0 Å². The molecule has 7 heterocycles. The van der Waals surface area contributed by atoms with E-state index in [1.807, 2.05) is 79.0 Å². The number of carbonyl (C=O) groups excluding carboxylic acids is 3. The smallest absolute Gasteiger partial charge is 0.349 e. The number of imide groups is 1. The zero-order valence-electron chi connectivity index (χ0n) is 38.4. The van der Waals surface area contributed by atoms with Crippen LogP contribution in [0.1, 0.15) is 95.0 Å². The fraction of sp³-hybridized carbons (Fsp3) is 0.353. The van der Waals surface area contributed by atoms with Gasteiger partial charge in [0, 0.05) is 82.6 Å². The number of hydrogen-bond donors (Lipinski definition) is 4. The number of aromatic nitrogens is 1. The van der Waals surface area contributed by atoms with Crippen LogP contribution in [0.3, 0.4) is 0 Å². The summed E-state index contributed by atoms with van der Waals surface area (Å²) in [6, 6.07) is 22.6. The predicted molar refractivity (Wildman–Crippen MR) is 263 cm³/mol. The average molecular weight is 973 g/mol. The molecule has 0 saturated carbocycles. The van der Waals surface area contributed by atoms with Crippen molar-refractivity contribution in [1.82, 2.24) is 14.0 Å². The van der Waals surface area contributed by atoms with Crippen LogP contribution in [0.15, 0.2) is 85.2 Å². The van der Waals surface area contributed by atoms with Crippen molar-refractivity contribution in [1.29, 1.82) is 0 Å². The number of amides is 3. The highest BCUT2D eigenvalue weighted by Crippen LogP contribution is 2.45. The number of nitrogens with one attached hydrogen (secondary N) is 2. The Morgan fingerprint density at radius 1 is 0.928 bits per heavy atom. The Bertz CT molecular complexity index is 3230. The van der Waals surface area contributed by atoms with Gasteiger partial charge in [0.15, 0.2) is 11.5 Å². The molecule has 6 aromatic rings. The number of carboxylic acid groups (broad SMARTS) is 2. The molecule has 4 aliphatic rings. The lowest BCUT2D eigenvalue weighted by molar-refractivity contribution is -0.139. The number of hydrogen-bond acceptors (Lipinski definition) is 11. The minimum absolute atomic E-state index is 0.0403. The number of carboxylic acids is 2. The van der Waals surface area contributed by atoms with Crippen LogP contribution in [0, 0.1) is 6.92 Å². The van der Waals surface area contributed by atoms with Crippen molar-refractivity contribution in [2.45, 2.75) is 88.6 Å². The van der Waals surface area contributed by atoms with E-state index >= 15 is 0 Å². The Morgan fingerprint density at radius 2 is 1.71 bits per heavy atom. The maximum Gasteiger partial charge on any atom is 0.349 e. The van der Waals surface area contributed by atoms with E-state index in [4.69, 9.17) is 9.84 Å². The van der Waals surface area contributed by atoms with Crippen molar-refractivity contribution in [2.75, 3.05) is 41.4 Å². The second-order valence-electron chi connectivity index (χ2n) is 19.1. The topological polar surface area (TPSA) is 207 Å². The van der Waals surface area contributed by atoms with Gasteiger partial charge in [0.25, 0.3) is 5.91 Å². The number of aliphatic carboxylic acids is 1. The maximum absolute atomic E-state index is 14.2. The maximum atomic E-state index is 14.2. The number of nitrogens with zero attached hydrogens (tertiary/aromatic N) is 4. The molecule has 4 aliphatic heterocycles. The Morgan fingerprint density at radius 3 is 2.45 bits per heavy atom. The molecule has 18 heteroatoms. The molecule has 0 radical (unpaired) electrons. The fourth-order valence-corrected chi connectivity index (χ4v) is 14.0. The number of benzene rings is 3. The van der Waals surface area contributed by atoms with Crippen LogP contribution in [0.4, 0.5) is 17.1 Å². The Kier molecular flexibility index (Phi) is 11.8. The fourth-order valence-electron chi connectivity index (χ4n) is 11.0. The van der Waals surface area contributed by atoms with E-state index in [0.717, 1.165) is 70.5 Å². The van der Waals surface area contributed by atoms with Crippen LogP contribution < -0.4 is 25.2 Å². The first kappa shape index (κ1) is 46.0. The van der Waals surface area contributed by atoms with E-state index in [0.29, 0.717) is 46.6 Å². The zero-order chi connectivity index (χ0) is 48.5. The molecule has 69 heavy (non-hydrogen) atoms. The van der Waals surface area contributed by atoms with Crippen LogP contribution in [-0.2, 0) is 30.2 Å². The van der Waals surface area contributed by atoms with Crippen LogP contribution in [-0.4, -0.2) is 101 Å². The summed E-state index contributed by atoms with van der Waals surface area (Å²) in [6.07, 6.45) is 7.35. The summed E-state index contributed by atoms with van der Waals surface area (Å²) < 4.78 is 37.3. The molecule has 0 bridgehead atoms. The first-order valence-electron chi connectivity index (χ1n) is 23.1. The van der Waals surface area contributed by atoms with Gasteiger partial charge in [-0.25, -0.2) is 18.0 Å². The largest absolute Gasteiger partial charge is 0.480 e. The number of carbonyl (C=O) groups is 5. The van der Waals surface area contributed by atoms with Gasteiger partial charge in [-0.15, -0.1) is 11.3 Å². The molecule has 0 spiro atoms. The van der Waals surface area contributed by atoms with Crippen LogP contribution in [0.25, 0.3) is 26.7 Å². The summed E-state index contributed by atoms with van der Waals surface area (Å²) in [6.45, 7) is 6.90. The van der Waals surface area contributed by atoms with Crippen LogP contribution in [0.5, 0.6) is 5.75 Å². The third-order valence-electron chi connectivity index (χ3n) is 14.1. The van der Waals surface area contributed by atoms with Crippen LogP contribution >= 0.6 is 11.3 Å². The molecule has 3 saturated heterocycles. The molecule has 10 rings (SSSR count). The van der Waals surface area contributed by atoms with E-state index in [1.54, 1.807) is 16.1 Å². The van der Waals surface area contributed by atoms with Crippen molar-refractivity contribution in [2.24, 2.45) is 0 Å². The molecule has 3 aromatic carbocycles. The van der Waals surface area contributed by atoms with Gasteiger partial charge in [0.05, 0.1) is 17.1 Å². The number of piperidine rings is 3. The van der Waals surface area contributed by atoms with E-state index in [1.165, 1.54) is 5.56 Å². The highest BCUT2D eigenvalue weighted by molar-refractivity contribution is 7.88. The number of fused-ring (bicyclic) bond motifs is 1. The number of rotatable bonds is 13. The van der Waals surface area contributed by atoms with Gasteiger partial charge in [-0.3, -0.25) is 24.6 Å². The SMILES string of the molecule is Cc1c(-c2cccc(NC3CCN(S(=O)(=O)Cc4ccc5cc(N6CCC(c7ccc8c9c(cccc79)C(=O)N8C7CCC(=O)NC7=O)CC6)cn5c4)C(C)(C)C3)c2)sc(C(=O)O)c1OCC(=O)O. The molecule has 2 unspecified atom stereocenters. The second-order valence-corrected chi connectivity index (χ2v) is 22.0. The molecule has 0 aliphatic carbocycles. The summed E-state index contributed by atoms with van der Waals surface area (Å²) in [5.41, 5.74) is 6.58. The number of anilines is 3. The second kappa shape index (κ2) is 17.6. The summed E-state index contributed by atoms with van der Waals surface area (Å²) in [7, 11) is -3.72. The molecular weight excluding hydrogens is 921 g/mol. The molecule has 4 N–H and O–H groups in total. The monoisotopic (exact) mass is 972 g/mol. The van der Waals surface area contributed by atoms with Gasteiger partial charge in [-0.05, 0) is 117 Å². The van der Waals surface area contributed by atoms with Crippen molar-refractivity contribution in [3.05, 3.63) is 112 Å². The minimum atomic E-state index is -3.72. The first-order chi connectivity index (χ1) is 33.0. The molecule has 3 aromatic heterocycles. The molecule has 3 fully saturated rings.